The largest absolute Gasteiger partial charge is 0.293 e. The van der Waals surface area contributed by atoms with Crippen LogP contribution in [0, 0.1) is 0 Å². The Morgan fingerprint density at radius 3 is 2.25 bits per heavy atom. The molecule has 1 unspecified atom stereocenters. The Balaban J connectivity index is 2.26. The highest BCUT2D eigenvalue weighted by Crippen LogP contribution is 2.29. The number of ketones is 1. The summed E-state index contributed by atoms with van der Waals surface area (Å²) in [6.07, 6.45) is 0. The van der Waals surface area contributed by atoms with Gasteiger partial charge < -0.3 is 0 Å². The van der Waals surface area contributed by atoms with E-state index in [2.05, 4.69) is 41.9 Å². The summed E-state index contributed by atoms with van der Waals surface area (Å²) in [7, 11) is 0. The maximum absolute atomic E-state index is 12.4. The molecule has 1 atom stereocenters. The van der Waals surface area contributed by atoms with Gasteiger partial charge in [-0.15, -0.1) is 0 Å². The van der Waals surface area contributed by atoms with Crippen LogP contribution in [0.2, 0.25) is 5.02 Å². The predicted octanol–water partition coefficient (Wildman–Crippen LogP) is 5.78. The van der Waals surface area contributed by atoms with Gasteiger partial charge in [-0.05, 0) is 41.3 Å². The van der Waals surface area contributed by atoms with E-state index in [0.717, 1.165) is 5.56 Å². The minimum Gasteiger partial charge on any atom is -0.293 e. The quantitative estimate of drug-likeness (QED) is 0.504. The van der Waals surface area contributed by atoms with Crippen molar-refractivity contribution in [3.8, 4) is 0 Å². The Labute approximate surface area is 133 Å². The fourth-order valence-corrected chi connectivity index (χ4v) is 2.66. The number of rotatable bonds is 4. The van der Waals surface area contributed by atoms with Crippen LogP contribution in [-0.4, -0.2) is 5.78 Å². The van der Waals surface area contributed by atoms with Crippen LogP contribution in [0.5, 0.6) is 0 Å². The molecule has 0 aliphatic rings. The molecule has 2 aromatic rings. The van der Waals surface area contributed by atoms with Crippen LogP contribution >= 0.6 is 27.5 Å². The number of hydrogen-bond acceptors (Lipinski definition) is 1. The standard InChI is InChI=1S/C17H16BrClO/c1-11(2)13-4-3-5-14(10-13)16(18)17(20)12-6-8-15(19)9-7-12/h3-11,16H,1-2H3. The van der Waals surface area contributed by atoms with Gasteiger partial charge in [0, 0.05) is 10.6 Å². The molecule has 104 valence electrons. The zero-order valence-electron chi connectivity index (χ0n) is 11.4. The monoisotopic (exact) mass is 350 g/mol. The highest BCUT2D eigenvalue weighted by molar-refractivity contribution is 9.09. The lowest BCUT2D eigenvalue weighted by Gasteiger charge is -2.12. The number of alkyl halides is 1. The Bertz CT molecular complexity index is 605. The molecule has 0 aliphatic heterocycles. The summed E-state index contributed by atoms with van der Waals surface area (Å²) < 4.78 is 0. The van der Waals surface area contributed by atoms with E-state index in [-0.39, 0.29) is 10.6 Å². The molecule has 3 heteroatoms. The molecule has 0 saturated heterocycles. The van der Waals surface area contributed by atoms with Crippen LogP contribution in [-0.2, 0) is 0 Å². The second kappa shape index (κ2) is 6.55. The first-order valence-corrected chi connectivity index (χ1v) is 7.82. The first-order chi connectivity index (χ1) is 9.49. The topological polar surface area (TPSA) is 17.1 Å². The number of Topliss-reactive ketones (excluding diaryl/α,β-unsaturated/α-hetero) is 1. The van der Waals surface area contributed by atoms with E-state index in [1.165, 1.54) is 5.56 Å². The fraction of sp³-hybridized carbons (Fsp3) is 0.235. The Morgan fingerprint density at radius 1 is 1.05 bits per heavy atom. The molecule has 20 heavy (non-hydrogen) atoms. The molecule has 0 spiro atoms. The van der Waals surface area contributed by atoms with E-state index in [4.69, 9.17) is 11.6 Å². The smallest absolute Gasteiger partial charge is 0.180 e. The molecule has 0 N–H and O–H groups in total. The zero-order valence-corrected chi connectivity index (χ0v) is 13.8. The van der Waals surface area contributed by atoms with E-state index >= 15 is 0 Å². The van der Waals surface area contributed by atoms with E-state index in [0.29, 0.717) is 16.5 Å². The summed E-state index contributed by atoms with van der Waals surface area (Å²) in [6, 6.07) is 15.1. The van der Waals surface area contributed by atoms with Crippen molar-refractivity contribution in [1.29, 1.82) is 0 Å². The molecular formula is C17H16BrClO. The van der Waals surface area contributed by atoms with Crippen molar-refractivity contribution < 1.29 is 4.79 Å². The SMILES string of the molecule is CC(C)c1cccc(C(Br)C(=O)c2ccc(Cl)cc2)c1. The van der Waals surface area contributed by atoms with Gasteiger partial charge in [0.1, 0.15) is 4.83 Å². The van der Waals surface area contributed by atoms with E-state index in [1.54, 1.807) is 24.3 Å². The predicted molar refractivity (Wildman–Crippen MR) is 88.0 cm³/mol. The Hall–Kier alpha value is -1.12. The molecular weight excluding hydrogens is 336 g/mol. The van der Waals surface area contributed by atoms with Gasteiger partial charge in [-0.1, -0.05) is 65.6 Å². The van der Waals surface area contributed by atoms with Crippen LogP contribution in [0.3, 0.4) is 0 Å². The minimum atomic E-state index is -0.331. The van der Waals surface area contributed by atoms with Crippen molar-refractivity contribution in [3.05, 3.63) is 70.2 Å². The highest BCUT2D eigenvalue weighted by Gasteiger charge is 2.19. The lowest BCUT2D eigenvalue weighted by atomic mass is 9.97. The van der Waals surface area contributed by atoms with Gasteiger partial charge in [-0.3, -0.25) is 4.79 Å². The number of halogens is 2. The number of carbonyl (C=O) groups is 1. The van der Waals surface area contributed by atoms with E-state index in [9.17, 15) is 4.79 Å². The third kappa shape index (κ3) is 3.50. The van der Waals surface area contributed by atoms with Crippen LogP contribution < -0.4 is 0 Å². The summed E-state index contributed by atoms with van der Waals surface area (Å²) >= 11 is 9.35. The number of carbonyl (C=O) groups excluding carboxylic acids is 1. The summed E-state index contributed by atoms with van der Waals surface area (Å²) in [6.45, 7) is 4.28. The summed E-state index contributed by atoms with van der Waals surface area (Å²) in [4.78, 5) is 12.1. The van der Waals surface area contributed by atoms with Gasteiger partial charge in [0.05, 0.1) is 0 Å². The van der Waals surface area contributed by atoms with Crippen LogP contribution in [0.15, 0.2) is 48.5 Å². The molecule has 0 heterocycles. The summed E-state index contributed by atoms with van der Waals surface area (Å²) in [5.41, 5.74) is 2.87. The van der Waals surface area contributed by atoms with Gasteiger partial charge in [-0.2, -0.15) is 0 Å². The van der Waals surface area contributed by atoms with Gasteiger partial charge in [0.25, 0.3) is 0 Å². The van der Waals surface area contributed by atoms with Crippen LogP contribution in [0.25, 0.3) is 0 Å². The average Bonchev–Trinajstić information content (AvgIpc) is 2.46. The van der Waals surface area contributed by atoms with E-state index < -0.39 is 0 Å². The first kappa shape index (κ1) is 15.3. The van der Waals surface area contributed by atoms with Crippen molar-refractivity contribution in [2.45, 2.75) is 24.6 Å². The number of hydrogen-bond donors (Lipinski definition) is 0. The molecule has 0 aliphatic carbocycles. The van der Waals surface area contributed by atoms with Gasteiger partial charge in [0.15, 0.2) is 5.78 Å². The molecule has 0 fully saturated rings. The lowest BCUT2D eigenvalue weighted by molar-refractivity contribution is 0.0991. The summed E-state index contributed by atoms with van der Waals surface area (Å²) in [5.74, 6) is 0.489. The zero-order chi connectivity index (χ0) is 14.7. The molecule has 2 aromatic carbocycles. The summed E-state index contributed by atoms with van der Waals surface area (Å²) in [5, 5.41) is 0.634. The third-order valence-electron chi connectivity index (χ3n) is 3.23. The normalized spacial score (nSPS) is 12.4. The second-order valence-corrected chi connectivity index (χ2v) is 6.41. The van der Waals surface area contributed by atoms with Crippen molar-refractivity contribution in [2.75, 3.05) is 0 Å². The van der Waals surface area contributed by atoms with Crippen molar-refractivity contribution in [3.63, 3.8) is 0 Å². The van der Waals surface area contributed by atoms with E-state index in [1.807, 2.05) is 12.1 Å². The maximum Gasteiger partial charge on any atom is 0.180 e. The van der Waals surface area contributed by atoms with Crippen LogP contribution in [0.1, 0.15) is 46.1 Å². The fourth-order valence-electron chi connectivity index (χ4n) is 1.99. The van der Waals surface area contributed by atoms with Crippen molar-refractivity contribution in [1.82, 2.24) is 0 Å². The molecule has 0 amide bonds. The average molecular weight is 352 g/mol. The Morgan fingerprint density at radius 2 is 1.65 bits per heavy atom. The van der Waals surface area contributed by atoms with Gasteiger partial charge in [0.2, 0.25) is 0 Å². The van der Waals surface area contributed by atoms with Crippen molar-refractivity contribution in [2.24, 2.45) is 0 Å². The molecule has 0 bridgehead atoms. The van der Waals surface area contributed by atoms with Crippen molar-refractivity contribution >= 4 is 33.3 Å². The second-order valence-electron chi connectivity index (χ2n) is 5.06. The first-order valence-electron chi connectivity index (χ1n) is 6.52. The van der Waals surface area contributed by atoms with Gasteiger partial charge >= 0.3 is 0 Å². The maximum atomic E-state index is 12.4. The minimum absolute atomic E-state index is 0.0440. The molecule has 2 rings (SSSR count). The third-order valence-corrected chi connectivity index (χ3v) is 4.43. The molecule has 0 saturated carbocycles. The highest BCUT2D eigenvalue weighted by atomic mass is 79.9. The lowest BCUT2D eigenvalue weighted by Crippen LogP contribution is -2.07. The number of benzene rings is 2. The Kier molecular flexibility index (Phi) is 5.00. The van der Waals surface area contributed by atoms with Gasteiger partial charge in [-0.25, -0.2) is 0 Å². The van der Waals surface area contributed by atoms with Crippen LogP contribution in [0.4, 0.5) is 0 Å². The molecule has 1 nitrogen and oxygen atoms in total. The molecule has 0 aromatic heterocycles. The molecule has 0 radical (unpaired) electrons.